The lowest BCUT2D eigenvalue weighted by atomic mass is 9.84. The smallest absolute Gasteiger partial charge is 0.185 e. The number of ether oxygens (including phenoxy) is 2. The fourth-order valence-electron chi connectivity index (χ4n) is 4.03. The molecule has 0 aromatic heterocycles. The second-order valence-corrected chi connectivity index (χ2v) is 8.12. The van der Waals surface area contributed by atoms with Crippen LogP contribution in [0.5, 0.6) is 11.5 Å². The number of hydrogen-bond donors (Lipinski definition) is 0. The lowest BCUT2D eigenvalue weighted by Gasteiger charge is -2.22. The number of carbonyl (C=O) groups excluding carboxylic acids is 2. The molecule has 4 rings (SSSR count). The Hall–Kier alpha value is -3.92. The minimum absolute atomic E-state index is 0.116. The fourth-order valence-corrected chi connectivity index (χ4v) is 4.03. The Morgan fingerprint density at radius 3 is 2.42 bits per heavy atom. The second kappa shape index (κ2) is 9.70. The maximum atomic E-state index is 12.7. The van der Waals surface area contributed by atoms with Crippen LogP contribution in [0.1, 0.15) is 44.3 Å². The first-order valence-electron chi connectivity index (χ1n) is 10.9. The average Bonchev–Trinajstić information content (AvgIpc) is 2.84. The molecule has 0 saturated heterocycles. The summed E-state index contributed by atoms with van der Waals surface area (Å²) >= 11 is 0. The number of carbonyl (C=O) groups is 2. The van der Waals surface area contributed by atoms with E-state index in [0.717, 1.165) is 27.8 Å². The zero-order valence-corrected chi connectivity index (χ0v) is 18.8. The summed E-state index contributed by atoms with van der Waals surface area (Å²) in [4.78, 5) is 24.9. The van der Waals surface area contributed by atoms with Crippen LogP contribution in [-0.4, -0.2) is 18.2 Å². The number of benzene rings is 3. The SMILES string of the molecule is C=CC(=O)c1c(C)cccc1COc1cccc(OCC2=Cc3ccccc3C(=O)C2C)c1. The molecule has 0 spiro atoms. The van der Waals surface area contributed by atoms with Crippen molar-refractivity contribution in [1.82, 2.24) is 0 Å². The van der Waals surface area contributed by atoms with Crippen molar-refractivity contribution < 1.29 is 19.1 Å². The Balaban J connectivity index is 1.45. The molecule has 0 bridgehead atoms. The van der Waals surface area contributed by atoms with Crippen molar-refractivity contribution in [3.63, 3.8) is 0 Å². The van der Waals surface area contributed by atoms with Crippen LogP contribution in [0.25, 0.3) is 6.08 Å². The third-order valence-corrected chi connectivity index (χ3v) is 5.91. The quantitative estimate of drug-likeness (QED) is 0.309. The molecule has 0 aliphatic heterocycles. The van der Waals surface area contributed by atoms with Crippen LogP contribution in [0.15, 0.2) is 85.0 Å². The van der Waals surface area contributed by atoms with Gasteiger partial charge >= 0.3 is 0 Å². The molecule has 0 saturated carbocycles. The third kappa shape index (κ3) is 4.80. The third-order valence-electron chi connectivity index (χ3n) is 5.91. The Kier molecular flexibility index (Phi) is 6.55. The number of Topliss-reactive ketones (excluding diaryl/α,β-unsaturated/α-hetero) is 1. The molecule has 33 heavy (non-hydrogen) atoms. The van der Waals surface area contributed by atoms with Crippen LogP contribution in [0.2, 0.25) is 0 Å². The molecular weight excluding hydrogens is 412 g/mol. The monoisotopic (exact) mass is 438 g/mol. The first kappa shape index (κ1) is 22.3. The van der Waals surface area contributed by atoms with Crippen molar-refractivity contribution in [2.75, 3.05) is 6.61 Å². The van der Waals surface area contributed by atoms with E-state index in [1.54, 1.807) is 0 Å². The normalized spacial score (nSPS) is 14.8. The van der Waals surface area contributed by atoms with Gasteiger partial charge in [-0.05, 0) is 41.8 Å². The topological polar surface area (TPSA) is 52.6 Å². The molecule has 0 amide bonds. The van der Waals surface area contributed by atoms with E-state index in [-0.39, 0.29) is 24.1 Å². The van der Waals surface area contributed by atoms with Gasteiger partial charge in [0.15, 0.2) is 11.6 Å². The van der Waals surface area contributed by atoms with E-state index < -0.39 is 0 Å². The standard InChI is InChI=1S/C29H26O4/c1-4-27(30)28-19(2)9-7-11-22(28)17-32-24-12-8-13-25(16-24)33-18-23-15-21-10-5-6-14-26(21)29(31)20(23)3/h4-16,20H,1,17-18H2,2-3H3. The largest absolute Gasteiger partial charge is 0.489 e. The van der Waals surface area contributed by atoms with Gasteiger partial charge in [0.05, 0.1) is 0 Å². The van der Waals surface area contributed by atoms with Gasteiger partial charge in [-0.15, -0.1) is 0 Å². The zero-order chi connectivity index (χ0) is 23.4. The number of rotatable bonds is 8. The predicted molar refractivity (Wildman–Crippen MR) is 130 cm³/mol. The average molecular weight is 439 g/mol. The van der Waals surface area contributed by atoms with E-state index in [0.29, 0.717) is 23.7 Å². The molecule has 0 heterocycles. The zero-order valence-electron chi connectivity index (χ0n) is 18.8. The van der Waals surface area contributed by atoms with Crippen LogP contribution in [-0.2, 0) is 6.61 Å². The van der Waals surface area contributed by atoms with E-state index in [1.807, 2.05) is 86.7 Å². The number of hydrogen-bond acceptors (Lipinski definition) is 4. The van der Waals surface area contributed by atoms with Gasteiger partial charge in [-0.1, -0.05) is 68.1 Å². The second-order valence-electron chi connectivity index (χ2n) is 8.12. The number of ketones is 2. The molecule has 1 unspecified atom stereocenters. The van der Waals surface area contributed by atoms with E-state index in [9.17, 15) is 9.59 Å². The van der Waals surface area contributed by atoms with Crippen molar-refractivity contribution >= 4 is 17.6 Å². The number of aryl methyl sites for hydroxylation is 1. The first-order valence-corrected chi connectivity index (χ1v) is 10.9. The summed E-state index contributed by atoms with van der Waals surface area (Å²) in [7, 11) is 0. The van der Waals surface area contributed by atoms with Crippen molar-refractivity contribution in [3.05, 3.63) is 113 Å². The Morgan fingerprint density at radius 1 is 0.970 bits per heavy atom. The van der Waals surface area contributed by atoms with Gasteiger partial charge in [0.25, 0.3) is 0 Å². The Morgan fingerprint density at radius 2 is 1.67 bits per heavy atom. The molecule has 0 radical (unpaired) electrons. The minimum atomic E-state index is -0.221. The molecule has 4 heteroatoms. The number of allylic oxidation sites excluding steroid dienone is 1. The highest BCUT2D eigenvalue weighted by Gasteiger charge is 2.26. The lowest BCUT2D eigenvalue weighted by Crippen LogP contribution is -2.22. The summed E-state index contributed by atoms with van der Waals surface area (Å²) in [6, 6.07) is 20.7. The van der Waals surface area contributed by atoms with Crippen LogP contribution in [0, 0.1) is 12.8 Å². The summed E-state index contributed by atoms with van der Waals surface area (Å²) in [6.07, 6.45) is 3.36. The number of fused-ring (bicyclic) bond motifs is 1. The molecule has 166 valence electrons. The Labute approximate surface area is 194 Å². The van der Waals surface area contributed by atoms with Gasteiger partial charge in [0, 0.05) is 28.7 Å². The van der Waals surface area contributed by atoms with Gasteiger partial charge < -0.3 is 9.47 Å². The molecule has 1 aliphatic carbocycles. The van der Waals surface area contributed by atoms with Crippen LogP contribution < -0.4 is 9.47 Å². The van der Waals surface area contributed by atoms with E-state index in [1.165, 1.54) is 6.08 Å². The molecule has 3 aromatic carbocycles. The first-order chi connectivity index (χ1) is 16.0. The van der Waals surface area contributed by atoms with E-state index >= 15 is 0 Å². The van der Waals surface area contributed by atoms with E-state index in [4.69, 9.17) is 9.47 Å². The van der Waals surface area contributed by atoms with Crippen molar-refractivity contribution in [1.29, 1.82) is 0 Å². The molecule has 0 N–H and O–H groups in total. The lowest BCUT2D eigenvalue weighted by molar-refractivity contribution is 0.0940. The van der Waals surface area contributed by atoms with Crippen molar-refractivity contribution in [2.45, 2.75) is 20.5 Å². The Bertz CT molecular complexity index is 1250. The molecule has 4 nitrogen and oxygen atoms in total. The van der Waals surface area contributed by atoms with Crippen LogP contribution >= 0.6 is 0 Å². The summed E-state index contributed by atoms with van der Waals surface area (Å²) in [5.41, 5.74) is 4.96. The maximum absolute atomic E-state index is 12.7. The summed E-state index contributed by atoms with van der Waals surface area (Å²) in [5, 5.41) is 0. The van der Waals surface area contributed by atoms with Gasteiger partial charge in [-0.3, -0.25) is 9.59 Å². The molecule has 3 aromatic rings. The van der Waals surface area contributed by atoms with E-state index in [2.05, 4.69) is 6.58 Å². The maximum Gasteiger partial charge on any atom is 0.185 e. The van der Waals surface area contributed by atoms with Crippen LogP contribution in [0.3, 0.4) is 0 Å². The summed E-state index contributed by atoms with van der Waals surface area (Å²) in [5.74, 6) is 1.07. The highest BCUT2D eigenvalue weighted by Crippen LogP contribution is 2.29. The predicted octanol–water partition coefficient (Wildman–Crippen LogP) is 6.24. The van der Waals surface area contributed by atoms with Gasteiger partial charge in [-0.2, -0.15) is 0 Å². The van der Waals surface area contributed by atoms with Crippen molar-refractivity contribution in [3.8, 4) is 11.5 Å². The minimum Gasteiger partial charge on any atom is -0.489 e. The molecule has 1 aliphatic rings. The highest BCUT2D eigenvalue weighted by molar-refractivity contribution is 6.06. The van der Waals surface area contributed by atoms with Gasteiger partial charge in [0.1, 0.15) is 24.7 Å². The summed E-state index contributed by atoms with van der Waals surface area (Å²) in [6.45, 7) is 7.99. The van der Waals surface area contributed by atoms with Gasteiger partial charge in [0.2, 0.25) is 0 Å². The molecule has 1 atom stereocenters. The summed E-state index contributed by atoms with van der Waals surface area (Å²) < 4.78 is 12.0. The highest BCUT2D eigenvalue weighted by atomic mass is 16.5. The molecular formula is C29H26O4. The molecule has 0 fully saturated rings. The fraction of sp³-hybridized carbons (Fsp3) is 0.172. The van der Waals surface area contributed by atoms with Crippen molar-refractivity contribution in [2.24, 2.45) is 5.92 Å². The van der Waals surface area contributed by atoms with Gasteiger partial charge in [-0.25, -0.2) is 0 Å². The van der Waals surface area contributed by atoms with Crippen LogP contribution in [0.4, 0.5) is 0 Å².